The van der Waals surface area contributed by atoms with Gasteiger partial charge in [0.1, 0.15) is 5.82 Å². The summed E-state index contributed by atoms with van der Waals surface area (Å²) in [6.45, 7) is 0.703. The van der Waals surface area contributed by atoms with Crippen molar-refractivity contribution >= 4 is 16.8 Å². The summed E-state index contributed by atoms with van der Waals surface area (Å²) in [5, 5.41) is 12.7. The molecule has 5 heteroatoms. The Balaban J connectivity index is 1.67. The Labute approximate surface area is 168 Å². The number of halogens is 1. The van der Waals surface area contributed by atoms with Crippen LogP contribution in [0, 0.1) is 5.82 Å². The van der Waals surface area contributed by atoms with Crippen LogP contribution in [0.3, 0.4) is 0 Å². The van der Waals surface area contributed by atoms with Crippen molar-refractivity contribution in [2.45, 2.75) is 6.54 Å². The highest BCUT2D eigenvalue weighted by Crippen LogP contribution is 2.28. The number of carbonyl (C=O) groups excluding carboxylic acids is 1. The van der Waals surface area contributed by atoms with Crippen LogP contribution in [0.15, 0.2) is 79.0 Å². The minimum atomic E-state index is -0.239. The first-order valence-electron chi connectivity index (χ1n) is 9.47. The molecular weight excluding hydrogens is 367 g/mol. The molecule has 0 spiro atoms. The SMILES string of the molecule is O=C(NCCO)c1ccccc1-c1ccc2c(ccn2Cc2cccc(F)c2)c1. The standard InChI is InChI=1S/C24H21FN2O2/c25-20-5-3-4-17(14-20)16-27-12-10-19-15-18(8-9-23(19)27)21-6-1-2-7-22(21)24(29)26-11-13-28/h1-10,12,14-15,28H,11,13,16H2,(H,26,29). The molecule has 3 aromatic carbocycles. The summed E-state index contributed by atoms with van der Waals surface area (Å²) in [4.78, 5) is 12.4. The topological polar surface area (TPSA) is 54.3 Å². The Kier molecular flexibility index (Phi) is 5.40. The number of amides is 1. The van der Waals surface area contributed by atoms with Crippen LogP contribution in [-0.2, 0) is 6.54 Å². The van der Waals surface area contributed by atoms with E-state index in [2.05, 4.69) is 16.0 Å². The van der Waals surface area contributed by atoms with Crippen LogP contribution >= 0.6 is 0 Å². The highest BCUT2D eigenvalue weighted by Gasteiger charge is 2.13. The lowest BCUT2D eigenvalue weighted by Gasteiger charge is -2.11. The summed E-state index contributed by atoms with van der Waals surface area (Å²) < 4.78 is 15.6. The molecule has 0 fully saturated rings. The van der Waals surface area contributed by atoms with Crippen molar-refractivity contribution in [1.82, 2.24) is 9.88 Å². The zero-order valence-corrected chi connectivity index (χ0v) is 15.8. The number of aliphatic hydroxyl groups excluding tert-OH is 1. The Morgan fingerprint density at radius 1 is 1.00 bits per heavy atom. The van der Waals surface area contributed by atoms with Crippen molar-refractivity contribution in [3.05, 3.63) is 95.9 Å². The van der Waals surface area contributed by atoms with Crippen LogP contribution in [0.5, 0.6) is 0 Å². The lowest BCUT2D eigenvalue weighted by atomic mass is 9.98. The van der Waals surface area contributed by atoms with E-state index < -0.39 is 0 Å². The fourth-order valence-electron chi connectivity index (χ4n) is 3.54. The van der Waals surface area contributed by atoms with Crippen LogP contribution < -0.4 is 5.32 Å². The number of nitrogens with one attached hydrogen (secondary N) is 1. The number of hydrogen-bond acceptors (Lipinski definition) is 2. The molecule has 0 atom stereocenters. The zero-order chi connectivity index (χ0) is 20.2. The van der Waals surface area contributed by atoms with E-state index in [1.54, 1.807) is 18.2 Å². The van der Waals surface area contributed by atoms with Gasteiger partial charge in [-0.05, 0) is 53.1 Å². The lowest BCUT2D eigenvalue weighted by molar-refractivity contribution is 0.0945. The average Bonchev–Trinajstić information content (AvgIpc) is 3.14. The molecule has 146 valence electrons. The minimum absolute atomic E-state index is 0.0985. The predicted octanol–water partition coefficient (Wildman–Crippen LogP) is 4.22. The van der Waals surface area contributed by atoms with E-state index in [1.165, 1.54) is 6.07 Å². The molecule has 0 aliphatic rings. The van der Waals surface area contributed by atoms with E-state index in [1.807, 2.05) is 48.7 Å². The second-order valence-corrected chi connectivity index (χ2v) is 6.87. The van der Waals surface area contributed by atoms with Crippen molar-refractivity contribution in [1.29, 1.82) is 0 Å². The average molecular weight is 388 g/mol. The number of aromatic nitrogens is 1. The molecule has 29 heavy (non-hydrogen) atoms. The van der Waals surface area contributed by atoms with Gasteiger partial charge in [0.25, 0.3) is 5.91 Å². The summed E-state index contributed by atoms with van der Waals surface area (Å²) in [5.74, 6) is -0.448. The van der Waals surface area contributed by atoms with E-state index in [4.69, 9.17) is 5.11 Å². The number of benzene rings is 3. The third kappa shape index (κ3) is 4.05. The molecule has 4 nitrogen and oxygen atoms in total. The zero-order valence-electron chi connectivity index (χ0n) is 15.8. The summed E-state index contributed by atoms with van der Waals surface area (Å²) in [6, 6.07) is 22.1. The first kappa shape index (κ1) is 18.9. The van der Waals surface area contributed by atoms with Crippen LogP contribution in [0.25, 0.3) is 22.0 Å². The van der Waals surface area contributed by atoms with Crippen molar-refractivity contribution in [2.24, 2.45) is 0 Å². The Morgan fingerprint density at radius 2 is 1.86 bits per heavy atom. The highest BCUT2D eigenvalue weighted by molar-refractivity contribution is 6.01. The highest BCUT2D eigenvalue weighted by atomic mass is 19.1. The normalized spacial score (nSPS) is 11.0. The maximum atomic E-state index is 13.5. The van der Waals surface area contributed by atoms with E-state index in [9.17, 15) is 9.18 Å². The molecule has 0 unspecified atom stereocenters. The smallest absolute Gasteiger partial charge is 0.251 e. The summed E-state index contributed by atoms with van der Waals surface area (Å²) >= 11 is 0. The van der Waals surface area contributed by atoms with E-state index in [0.717, 1.165) is 27.6 Å². The summed E-state index contributed by atoms with van der Waals surface area (Å²) in [5.41, 5.74) is 4.29. The molecule has 2 N–H and O–H groups in total. The fourth-order valence-corrected chi connectivity index (χ4v) is 3.54. The molecule has 0 aliphatic carbocycles. The van der Waals surface area contributed by atoms with Crippen LogP contribution in [0.1, 0.15) is 15.9 Å². The maximum Gasteiger partial charge on any atom is 0.251 e. The number of carbonyl (C=O) groups is 1. The van der Waals surface area contributed by atoms with E-state index in [0.29, 0.717) is 12.1 Å². The van der Waals surface area contributed by atoms with Gasteiger partial charge in [0.15, 0.2) is 0 Å². The quantitative estimate of drug-likeness (QED) is 0.520. The summed E-state index contributed by atoms with van der Waals surface area (Å²) in [7, 11) is 0. The molecule has 4 aromatic rings. The number of nitrogens with zero attached hydrogens (tertiary/aromatic N) is 1. The molecule has 0 saturated heterocycles. The van der Waals surface area contributed by atoms with Crippen molar-refractivity contribution in [3.63, 3.8) is 0 Å². The Bertz CT molecular complexity index is 1170. The number of hydrogen-bond donors (Lipinski definition) is 2. The number of aliphatic hydroxyl groups is 1. The van der Waals surface area contributed by atoms with Crippen LogP contribution in [0.2, 0.25) is 0 Å². The van der Waals surface area contributed by atoms with E-state index in [-0.39, 0.29) is 24.9 Å². The Hall–Kier alpha value is -3.44. The molecular formula is C24H21FN2O2. The van der Waals surface area contributed by atoms with E-state index >= 15 is 0 Å². The van der Waals surface area contributed by atoms with Gasteiger partial charge in [-0.3, -0.25) is 4.79 Å². The van der Waals surface area contributed by atoms with Gasteiger partial charge in [0, 0.05) is 35.8 Å². The predicted molar refractivity (Wildman–Crippen MR) is 112 cm³/mol. The third-order valence-electron chi connectivity index (χ3n) is 4.89. The number of fused-ring (bicyclic) bond motifs is 1. The third-order valence-corrected chi connectivity index (χ3v) is 4.89. The van der Waals surface area contributed by atoms with Gasteiger partial charge in [-0.15, -0.1) is 0 Å². The lowest BCUT2D eigenvalue weighted by Crippen LogP contribution is -2.26. The molecule has 4 rings (SSSR count). The molecule has 0 aliphatic heterocycles. The second kappa shape index (κ2) is 8.29. The molecule has 1 amide bonds. The molecule has 0 saturated carbocycles. The maximum absolute atomic E-state index is 13.5. The van der Waals surface area contributed by atoms with Crippen molar-refractivity contribution < 1.29 is 14.3 Å². The summed E-state index contributed by atoms with van der Waals surface area (Å²) in [6.07, 6.45) is 1.99. The van der Waals surface area contributed by atoms with Crippen molar-refractivity contribution in [3.8, 4) is 11.1 Å². The molecule has 1 heterocycles. The van der Waals surface area contributed by atoms with Gasteiger partial charge >= 0.3 is 0 Å². The first-order valence-corrected chi connectivity index (χ1v) is 9.47. The van der Waals surface area contributed by atoms with Gasteiger partial charge < -0.3 is 15.0 Å². The Morgan fingerprint density at radius 3 is 2.69 bits per heavy atom. The second-order valence-electron chi connectivity index (χ2n) is 6.87. The van der Waals surface area contributed by atoms with Crippen molar-refractivity contribution in [2.75, 3.05) is 13.2 Å². The van der Waals surface area contributed by atoms with Gasteiger partial charge in [-0.2, -0.15) is 0 Å². The number of rotatable bonds is 6. The molecule has 0 radical (unpaired) electrons. The molecule has 1 aromatic heterocycles. The van der Waals surface area contributed by atoms with Gasteiger partial charge in [0.2, 0.25) is 0 Å². The minimum Gasteiger partial charge on any atom is -0.395 e. The first-order chi connectivity index (χ1) is 14.2. The largest absolute Gasteiger partial charge is 0.395 e. The van der Waals surface area contributed by atoms with Gasteiger partial charge in [-0.25, -0.2) is 4.39 Å². The van der Waals surface area contributed by atoms with Crippen LogP contribution in [0.4, 0.5) is 4.39 Å². The van der Waals surface area contributed by atoms with Crippen LogP contribution in [-0.4, -0.2) is 28.7 Å². The fraction of sp³-hybridized carbons (Fsp3) is 0.125. The monoisotopic (exact) mass is 388 g/mol. The molecule has 0 bridgehead atoms. The van der Waals surface area contributed by atoms with Gasteiger partial charge in [-0.1, -0.05) is 36.4 Å². The van der Waals surface area contributed by atoms with Gasteiger partial charge in [0.05, 0.1) is 6.61 Å².